The highest BCUT2D eigenvalue weighted by Gasteiger charge is 2.46. The molecule has 2 fully saturated rings. The SMILES string of the molecule is CN(C)C(=O)NC1CC2(CCN(CC3CC=CCC3)CC2)C1. The highest BCUT2D eigenvalue weighted by Crippen LogP contribution is 2.49. The third-order valence-corrected chi connectivity index (χ3v) is 5.90. The first-order valence-corrected chi connectivity index (χ1v) is 8.91. The number of allylic oxidation sites excluding steroid dienone is 2. The minimum atomic E-state index is 0.0580. The molecule has 0 bridgehead atoms. The van der Waals surface area contributed by atoms with E-state index in [0.717, 1.165) is 5.92 Å². The van der Waals surface area contributed by atoms with Crippen LogP contribution in [-0.4, -0.2) is 55.6 Å². The van der Waals surface area contributed by atoms with Gasteiger partial charge in [0.05, 0.1) is 0 Å². The molecule has 1 saturated carbocycles. The zero-order valence-electron chi connectivity index (χ0n) is 14.2. The average molecular weight is 305 g/mol. The number of likely N-dealkylation sites (tertiary alicyclic amines) is 1. The van der Waals surface area contributed by atoms with E-state index in [1.54, 1.807) is 4.90 Å². The van der Waals surface area contributed by atoms with Crippen molar-refractivity contribution >= 4 is 6.03 Å². The highest BCUT2D eigenvalue weighted by atomic mass is 16.2. The Morgan fingerprint density at radius 1 is 1.27 bits per heavy atom. The van der Waals surface area contributed by atoms with Crippen LogP contribution in [0.15, 0.2) is 12.2 Å². The predicted octanol–water partition coefficient (Wildman–Crippen LogP) is 2.86. The third kappa shape index (κ3) is 3.65. The monoisotopic (exact) mass is 305 g/mol. The second-order valence-corrected chi connectivity index (χ2v) is 7.90. The first-order chi connectivity index (χ1) is 10.6. The molecule has 1 N–H and O–H groups in total. The summed E-state index contributed by atoms with van der Waals surface area (Å²) in [5.41, 5.74) is 0.535. The summed E-state index contributed by atoms with van der Waals surface area (Å²) in [6.07, 6.45) is 13.6. The molecule has 3 rings (SSSR count). The van der Waals surface area contributed by atoms with Crippen LogP contribution in [0.2, 0.25) is 0 Å². The van der Waals surface area contributed by atoms with Gasteiger partial charge in [-0.25, -0.2) is 4.79 Å². The van der Waals surface area contributed by atoms with Gasteiger partial charge in [-0.15, -0.1) is 0 Å². The van der Waals surface area contributed by atoms with E-state index in [0.29, 0.717) is 11.5 Å². The van der Waals surface area contributed by atoms with Crippen molar-refractivity contribution in [1.29, 1.82) is 0 Å². The first kappa shape index (κ1) is 15.9. The number of nitrogens with one attached hydrogen (secondary N) is 1. The zero-order valence-corrected chi connectivity index (χ0v) is 14.2. The van der Waals surface area contributed by atoms with Crippen LogP contribution in [0.4, 0.5) is 4.79 Å². The van der Waals surface area contributed by atoms with Crippen LogP contribution in [0, 0.1) is 11.3 Å². The Morgan fingerprint density at radius 3 is 2.59 bits per heavy atom. The van der Waals surface area contributed by atoms with E-state index in [-0.39, 0.29) is 6.03 Å². The molecule has 4 nitrogen and oxygen atoms in total. The first-order valence-electron chi connectivity index (χ1n) is 8.91. The number of urea groups is 1. The third-order valence-electron chi connectivity index (χ3n) is 5.90. The van der Waals surface area contributed by atoms with Crippen molar-refractivity contribution in [1.82, 2.24) is 15.1 Å². The van der Waals surface area contributed by atoms with Crippen molar-refractivity contribution in [2.24, 2.45) is 11.3 Å². The standard InChI is InChI=1S/C18H31N3O/c1-20(2)17(22)19-16-12-18(13-16)8-10-21(11-9-18)14-15-6-4-3-5-7-15/h3-4,15-16H,5-14H2,1-2H3,(H,19,22). The van der Waals surface area contributed by atoms with Gasteiger partial charge in [0.25, 0.3) is 0 Å². The van der Waals surface area contributed by atoms with E-state index < -0.39 is 0 Å². The van der Waals surface area contributed by atoms with Gasteiger partial charge in [-0.05, 0) is 69.4 Å². The van der Waals surface area contributed by atoms with Gasteiger partial charge >= 0.3 is 6.03 Å². The van der Waals surface area contributed by atoms with Crippen molar-refractivity contribution in [3.8, 4) is 0 Å². The smallest absolute Gasteiger partial charge is 0.317 e. The van der Waals surface area contributed by atoms with Crippen molar-refractivity contribution in [3.63, 3.8) is 0 Å². The quantitative estimate of drug-likeness (QED) is 0.814. The lowest BCUT2D eigenvalue weighted by molar-refractivity contribution is 0.00415. The molecule has 0 aromatic rings. The van der Waals surface area contributed by atoms with Crippen molar-refractivity contribution < 1.29 is 4.79 Å². The molecular weight excluding hydrogens is 274 g/mol. The molecule has 1 aliphatic heterocycles. The molecule has 1 unspecified atom stereocenters. The van der Waals surface area contributed by atoms with Gasteiger partial charge in [-0.2, -0.15) is 0 Å². The van der Waals surface area contributed by atoms with E-state index >= 15 is 0 Å². The minimum absolute atomic E-state index is 0.0580. The maximum atomic E-state index is 11.7. The second-order valence-electron chi connectivity index (χ2n) is 7.90. The number of amides is 2. The van der Waals surface area contributed by atoms with E-state index in [4.69, 9.17) is 0 Å². The number of nitrogens with zero attached hydrogens (tertiary/aromatic N) is 2. The van der Waals surface area contributed by atoms with Gasteiger partial charge < -0.3 is 15.1 Å². The Balaban J connectivity index is 1.38. The summed E-state index contributed by atoms with van der Waals surface area (Å²) in [6, 6.07) is 0.465. The van der Waals surface area contributed by atoms with E-state index in [1.807, 2.05) is 14.1 Å². The van der Waals surface area contributed by atoms with Crippen LogP contribution in [0.3, 0.4) is 0 Å². The van der Waals surface area contributed by atoms with E-state index in [2.05, 4.69) is 22.4 Å². The van der Waals surface area contributed by atoms with Crippen LogP contribution in [-0.2, 0) is 0 Å². The Morgan fingerprint density at radius 2 is 2.00 bits per heavy atom. The molecule has 0 radical (unpaired) electrons. The lowest BCUT2D eigenvalue weighted by atomic mass is 9.60. The molecule has 124 valence electrons. The molecule has 22 heavy (non-hydrogen) atoms. The lowest BCUT2D eigenvalue weighted by Crippen LogP contribution is -2.56. The minimum Gasteiger partial charge on any atom is -0.335 e. The molecule has 4 heteroatoms. The molecule has 1 atom stereocenters. The predicted molar refractivity (Wildman–Crippen MR) is 89.8 cm³/mol. The highest BCUT2D eigenvalue weighted by molar-refractivity contribution is 5.74. The summed E-state index contributed by atoms with van der Waals surface area (Å²) >= 11 is 0. The zero-order chi connectivity index (χ0) is 15.6. The molecule has 1 saturated heterocycles. The van der Waals surface area contributed by atoms with Gasteiger partial charge in [-0.3, -0.25) is 0 Å². The summed E-state index contributed by atoms with van der Waals surface area (Å²) in [7, 11) is 3.62. The summed E-state index contributed by atoms with van der Waals surface area (Å²) in [4.78, 5) is 16.0. The number of hydrogen-bond acceptors (Lipinski definition) is 2. The van der Waals surface area contributed by atoms with Gasteiger partial charge in [0.2, 0.25) is 0 Å². The van der Waals surface area contributed by atoms with Gasteiger partial charge in [0.1, 0.15) is 0 Å². The maximum absolute atomic E-state index is 11.7. The lowest BCUT2D eigenvalue weighted by Gasteiger charge is -2.52. The van der Waals surface area contributed by atoms with Crippen LogP contribution in [0.5, 0.6) is 0 Å². The van der Waals surface area contributed by atoms with E-state index in [9.17, 15) is 4.79 Å². The number of rotatable bonds is 3. The maximum Gasteiger partial charge on any atom is 0.317 e. The molecule has 0 aromatic heterocycles. The number of piperidine rings is 1. The molecule has 2 aliphatic carbocycles. The van der Waals surface area contributed by atoms with Gasteiger partial charge in [-0.1, -0.05) is 12.2 Å². The molecular formula is C18H31N3O. The van der Waals surface area contributed by atoms with Gasteiger partial charge in [0, 0.05) is 26.7 Å². The molecule has 2 amide bonds. The summed E-state index contributed by atoms with van der Waals surface area (Å²) in [6.45, 7) is 3.81. The second kappa shape index (κ2) is 6.61. The molecule has 0 aromatic carbocycles. The topological polar surface area (TPSA) is 35.6 Å². The fourth-order valence-corrected chi connectivity index (χ4v) is 4.40. The normalized spacial score (nSPS) is 28.4. The Bertz CT molecular complexity index is 416. The Hall–Kier alpha value is -1.03. The van der Waals surface area contributed by atoms with Crippen LogP contribution >= 0.6 is 0 Å². The summed E-state index contributed by atoms with van der Waals surface area (Å²) in [5.74, 6) is 0.882. The van der Waals surface area contributed by atoms with Crippen LogP contribution < -0.4 is 5.32 Å². The molecule has 1 spiro atoms. The van der Waals surface area contributed by atoms with Crippen LogP contribution in [0.1, 0.15) is 44.9 Å². The largest absolute Gasteiger partial charge is 0.335 e. The van der Waals surface area contributed by atoms with Crippen molar-refractivity contribution in [2.75, 3.05) is 33.7 Å². The number of carbonyl (C=O) groups excluding carboxylic acids is 1. The Labute approximate surface area is 134 Å². The van der Waals surface area contributed by atoms with Crippen LogP contribution in [0.25, 0.3) is 0 Å². The van der Waals surface area contributed by atoms with Gasteiger partial charge in [0.15, 0.2) is 0 Å². The molecule has 1 heterocycles. The summed E-state index contributed by atoms with van der Waals surface area (Å²) < 4.78 is 0. The average Bonchev–Trinajstić information content (AvgIpc) is 2.48. The van der Waals surface area contributed by atoms with E-state index in [1.165, 1.54) is 64.6 Å². The fourth-order valence-electron chi connectivity index (χ4n) is 4.40. The number of carbonyl (C=O) groups is 1. The number of hydrogen-bond donors (Lipinski definition) is 1. The Kier molecular flexibility index (Phi) is 4.76. The summed E-state index contributed by atoms with van der Waals surface area (Å²) in [5, 5.41) is 3.13. The van der Waals surface area contributed by atoms with Crippen molar-refractivity contribution in [3.05, 3.63) is 12.2 Å². The van der Waals surface area contributed by atoms with Crippen molar-refractivity contribution in [2.45, 2.75) is 51.0 Å². The fraction of sp³-hybridized carbons (Fsp3) is 0.833. The molecule has 3 aliphatic rings.